The minimum atomic E-state index is -3.70. The molecule has 0 saturated heterocycles. The largest absolute Gasteiger partial charge is 0.384 e. The predicted molar refractivity (Wildman–Crippen MR) is 168 cm³/mol. The molecule has 4 heterocycles. The molecule has 0 bridgehead atoms. The lowest BCUT2D eigenvalue weighted by molar-refractivity contribution is 0.0656. The number of hydrogen-bond acceptors (Lipinski definition) is 7. The fraction of sp³-hybridized carbons (Fsp3) is 0.312. The number of anilines is 1. The summed E-state index contributed by atoms with van der Waals surface area (Å²) in [6.45, 7) is 6.45. The van der Waals surface area contributed by atoms with Gasteiger partial charge in [-0.2, -0.15) is 5.10 Å². The highest BCUT2D eigenvalue weighted by atomic mass is 32.2. The number of aromatic nitrogens is 5. The minimum absolute atomic E-state index is 0.0205. The van der Waals surface area contributed by atoms with Crippen LogP contribution in [0.25, 0.3) is 28.0 Å². The Labute approximate surface area is 251 Å². The number of carbonyl (C=O) groups is 1. The molecule has 0 saturated carbocycles. The molecule has 0 spiro atoms. The summed E-state index contributed by atoms with van der Waals surface area (Å²) in [7, 11) is -3.70. The van der Waals surface area contributed by atoms with Crippen LogP contribution < -0.4 is 5.73 Å². The van der Waals surface area contributed by atoms with Gasteiger partial charge in [0.15, 0.2) is 9.84 Å². The van der Waals surface area contributed by atoms with Crippen LogP contribution in [0.15, 0.2) is 71.9 Å². The molecule has 4 aromatic heterocycles. The van der Waals surface area contributed by atoms with Crippen LogP contribution in [0.5, 0.6) is 0 Å². The van der Waals surface area contributed by atoms with E-state index in [-0.39, 0.29) is 22.7 Å². The standard InChI is InChI=1S/C32H37N7O3S/c1-5-17-38(32(40)28-19-21(3)36-37-28)24(6-2)13-15-27-29(43(4,41)42)30(33)39-18-16-25(31(39)35-27)23-12-14-26(34-20-23)22-10-8-7-9-11-22/h7-12,14,16,18-20,24H,5-6,13,15,17,33H2,1-4H3,(H,36,37)/t24-/m1/s1. The maximum absolute atomic E-state index is 13.4. The first-order chi connectivity index (χ1) is 20.6. The van der Waals surface area contributed by atoms with Crippen molar-refractivity contribution in [1.29, 1.82) is 0 Å². The van der Waals surface area contributed by atoms with E-state index in [1.807, 2.05) is 74.2 Å². The van der Waals surface area contributed by atoms with Gasteiger partial charge >= 0.3 is 0 Å². The number of carbonyl (C=O) groups excluding carboxylic acids is 1. The van der Waals surface area contributed by atoms with Crippen molar-refractivity contribution in [1.82, 2.24) is 29.5 Å². The molecule has 5 aromatic rings. The zero-order chi connectivity index (χ0) is 30.7. The normalized spacial score (nSPS) is 12.5. The van der Waals surface area contributed by atoms with E-state index in [0.29, 0.717) is 42.8 Å². The van der Waals surface area contributed by atoms with Crippen molar-refractivity contribution in [2.75, 3.05) is 18.5 Å². The summed E-state index contributed by atoms with van der Waals surface area (Å²) >= 11 is 0. The number of nitrogens with zero attached hydrogens (tertiary/aromatic N) is 5. The van der Waals surface area contributed by atoms with E-state index in [1.165, 1.54) is 0 Å². The third-order valence-corrected chi connectivity index (χ3v) is 8.84. The van der Waals surface area contributed by atoms with Gasteiger partial charge in [-0.1, -0.05) is 50.2 Å². The first-order valence-corrected chi connectivity index (χ1v) is 16.4. The molecule has 0 radical (unpaired) electrons. The number of amides is 1. The highest BCUT2D eigenvalue weighted by Crippen LogP contribution is 2.32. The Morgan fingerprint density at radius 2 is 1.86 bits per heavy atom. The topological polar surface area (TPSA) is 139 Å². The molecular formula is C32H37N7O3S. The third-order valence-electron chi connectivity index (χ3n) is 7.66. The van der Waals surface area contributed by atoms with Crippen LogP contribution >= 0.6 is 0 Å². The van der Waals surface area contributed by atoms with Crippen LogP contribution in [-0.2, 0) is 16.3 Å². The number of nitrogens with two attached hydrogens (primary N) is 1. The SMILES string of the molecule is CCCN(C(=O)c1cc(C)n[nH]1)[C@H](CC)CCc1nc2c(-c3ccc(-c4ccccc4)nc3)ccn2c(N)c1S(C)(=O)=O. The lowest BCUT2D eigenvalue weighted by Crippen LogP contribution is -2.41. The average Bonchev–Trinajstić information content (AvgIpc) is 3.63. The van der Waals surface area contributed by atoms with E-state index in [1.54, 1.807) is 22.9 Å². The second-order valence-electron chi connectivity index (χ2n) is 10.8. The predicted octanol–water partition coefficient (Wildman–Crippen LogP) is 5.34. The number of nitrogen functional groups attached to an aromatic ring is 1. The number of hydrogen-bond donors (Lipinski definition) is 2. The first kappa shape index (κ1) is 30.0. The Morgan fingerprint density at radius 3 is 2.47 bits per heavy atom. The highest BCUT2D eigenvalue weighted by Gasteiger charge is 2.27. The second-order valence-corrected chi connectivity index (χ2v) is 12.7. The molecule has 11 heteroatoms. The quantitative estimate of drug-likeness (QED) is 0.209. The van der Waals surface area contributed by atoms with Crippen molar-refractivity contribution in [2.24, 2.45) is 0 Å². The summed E-state index contributed by atoms with van der Waals surface area (Å²) in [4.78, 5) is 24.8. The lowest BCUT2D eigenvalue weighted by atomic mass is 10.0. The van der Waals surface area contributed by atoms with Gasteiger partial charge in [-0.15, -0.1) is 0 Å². The minimum Gasteiger partial charge on any atom is -0.384 e. The molecule has 0 fully saturated rings. The van der Waals surface area contributed by atoms with Gasteiger partial charge in [-0.25, -0.2) is 13.4 Å². The second kappa shape index (κ2) is 12.4. The number of H-pyrrole nitrogens is 1. The van der Waals surface area contributed by atoms with E-state index < -0.39 is 9.84 Å². The van der Waals surface area contributed by atoms with Crippen LogP contribution in [0.3, 0.4) is 0 Å². The van der Waals surface area contributed by atoms with E-state index in [2.05, 4.69) is 15.2 Å². The van der Waals surface area contributed by atoms with Gasteiger partial charge in [0.1, 0.15) is 22.1 Å². The van der Waals surface area contributed by atoms with E-state index >= 15 is 0 Å². The summed E-state index contributed by atoms with van der Waals surface area (Å²) in [6.07, 6.45) is 7.00. The van der Waals surface area contributed by atoms with Crippen LogP contribution in [-0.4, -0.2) is 62.6 Å². The first-order valence-electron chi connectivity index (χ1n) is 14.5. The Kier molecular flexibility index (Phi) is 8.63. The van der Waals surface area contributed by atoms with Gasteiger partial charge in [-0.3, -0.25) is 19.3 Å². The maximum atomic E-state index is 13.4. The van der Waals surface area contributed by atoms with Crippen LogP contribution in [0.1, 0.15) is 55.0 Å². The van der Waals surface area contributed by atoms with E-state index in [0.717, 1.165) is 40.8 Å². The van der Waals surface area contributed by atoms with Crippen LogP contribution in [0.4, 0.5) is 5.82 Å². The van der Waals surface area contributed by atoms with Crippen molar-refractivity contribution < 1.29 is 13.2 Å². The fourth-order valence-electron chi connectivity index (χ4n) is 5.56. The van der Waals surface area contributed by atoms with Crippen molar-refractivity contribution >= 4 is 27.2 Å². The maximum Gasteiger partial charge on any atom is 0.272 e. The Hall–Kier alpha value is -4.51. The molecule has 5 rings (SSSR count). The van der Waals surface area contributed by atoms with Gasteiger partial charge in [0, 0.05) is 47.9 Å². The molecule has 3 N–H and O–H groups in total. The summed E-state index contributed by atoms with van der Waals surface area (Å²) < 4.78 is 27.6. The van der Waals surface area contributed by atoms with Gasteiger partial charge in [-0.05, 0) is 50.8 Å². The van der Waals surface area contributed by atoms with E-state index in [4.69, 9.17) is 10.7 Å². The fourth-order valence-corrected chi connectivity index (χ4v) is 6.61. The summed E-state index contributed by atoms with van der Waals surface area (Å²) in [5, 5.41) is 6.94. The third kappa shape index (κ3) is 6.17. The highest BCUT2D eigenvalue weighted by molar-refractivity contribution is 7.91. The van der Waals surface area contributed by atoms with Crippen molar-refractivity contribution in [3.05, 3.63) is 84.1 Å². The molecule has 10 nitrogen and oxygen atoms in total. The number of sulfone groups is 1. The van der Waals surface area contributed by atoms with Gasteiger partial charge in [0.05, 0.1) is 17.1 Å². The molecule has 1 atom stereocenters. The number of aryl methyl sites for hydroxylation is 2. The summed E-state index contributed by atoms with van der Waals surface area (Å²) in [5.74, 6) is -0.00835. The monoisotopic (exact) mass is 599 g/mol. The Balaban J connectivity index is 1.50. The number of aromatic amines is 1. The van der Waals surface area contributed by atoms with Gasteiger partial charge in [0.25, 0.3) is 5.91 Å². The molecule has 0 aliphatic heterocycles. The lowest BCUT2D eigenvalue weighted by Gasteiger charge is -2.31. The number of nitrogens with one attached hydrogen (secondary N) is 1. The zero-order valence-corrected chi connectivity index (χ0v) is 25.7. The van der Waals surface area contributed by atoms with Crippen molar-refractivity contribution in [3.8, 4) is 22.4 Å². The van der Waals surface area contributed by atoms with E-state index in [9.17, 15) is 13.2 Å². The van der Waals surface area contributed by atoms with Crippen molar-refractivity contribution in [3.63, 3.8) is 0 Å². The molecule has 1 aromatic carbocycles. The molecule has 224 valence electrons. The van der Waals surface area contributed by atoms with Gasteiger partial charge in [0.2, 0.25) is 0 Å². The summed E-state index contributed by atoms with van der Waals surface area (Å²) in [6, 6.07) is 17.3. The van der Waals surface area contributed by atoms with Gasteiger partial charge < -0.3 is 10.6 Å². The number of pyridine rings is 1. The molecule has 0 aliphatic carbocycles. The zero-order valence-electron chi connectivity index (χ0n) is 24.9. The molecule has 0 aliphatic rings. The van der Waals surface area contributed by atoms with Crippen LogP contribution in [0.2, 0.25) is 0 Å². The molecule has 1 amide bonds. The molecular weight excluding hydrogens is 562 g/mol. The number of rotatable bonds is 11. The Bertz CT molecular complexity index is 1850. The number of benzene rings is 1. The molecule has 43 heavy (non-hydrogen) atoms. The van der Waals surface area contributed by atoms with Crippen molar-refractivity contribution in [2.45, 2.75) is 57.4 Å². The summed E-state index contributed by atoms with van der Waals surface area (Å²) in [5.41, 5.74) is 12.1. The Morgan fingerprint density at radius 1 is 1.09 bits per heavy atom. The average molecular weight is 600 g/mol. The smallest absolute Gasteiger partial charge is 0.272 e. The number of fused-ring (bicyclic) bond motifs is 1. The van der Waals surface area contributed by atoms with Crippen LogP contribution in [0, 0.1) is 6.92 Å². The molecule has 0 unspecified atom stereocenters.